The van der Waals surface area contributed by atoms with Crippen molar-refractivity contribution in [2.75, 3.05) is 5.73 Å². The Labute approximate surface area is 125 Å². The van der Waals surface area contributed by atoms with Gasteiger partial charge in [-0.25, -0.2) is 9.18 Å². The normalized spacial score (nSPS) is 10.3. The van der Waals surface area contributed by atoms with Crippen LogP contribution in [0.2, 0.25) is 10.0 Å². The predicted octanol–water partition coefficient (Wildman–Crippen LogP) is 4.07. The number of carbonyl (C=O) groups is 1. The molecule has 0 aliphatic rings. The van der Waals surface area contributed by atoms with Crippen molar-refractivity contribution in [3.8, 4) is 0 Å². The van der Waals surface area contributed by atoms with Gasteiger partial charge in [-0.1, -0.05) is 29.3 Å². The maximum Gasteiger partial charge on any atom is 0.339 e. The third-order valence-corrected chi connectivity index (χ3v) is 3.17. The lowest BCUT2D eigenvalue weighted by molar-refractivity contribution is 0.0473. The highest BCUT2D eigenvalue weighted by Crippen LogP contribution is 2.21. The zero-order valence-corrected chi connectivity index (χ0v) is 11.7. The molecule has 20 heavy (non-hydrogen) atoms. The summed E-state index contributed by atoms with van der Waals surface area (Å²) in [6, 6.07) is 8.59. The molecule has 104 valence electrons. The molecule has 0 bridgehead atoms. The third kappa shape index (κ3) is 3.40. The van der Waals surface area contributed by atoms with E-state index >= 15 is 0 Å². The second-order valence-electron chi connectivity index (χ2n) is 4.06. The molecule has 0 atom stereocenters. The van der Waals surface area contributed by atoms with Crippen LogP contribution < -0.4 is 5.73 Å². The van der Waals surface area contributed by atoms with Gasteiger partial charge in [0.1, 0.15) is 12.4 Å². The first kappa shape index (κ1) is 14.6. The second-order valence-corrected chi connectivity index (χ2v) is 4.88. The number of esters is 1. The number of rotatable bonds is 3. The summed E-state index contributed by atoms with van der Waals surface area (Å²) in [6.07, 6.45) is 0. The van der Waals surface area contributed by atoms with Crippen molar-refractivity contribution in [3.05, 3.63) is 63.4 Å². The van der Waals surface area contributed by atoms with Gasteiger partial charge in [-0.05, 0) is 35.9 Å². The Morgan fingerprint density at radius 1 is 1.15 bits per heavy atom. The van der Waals surface area contributed by atoms with Gasteiger partial charge in [0.15, 0.2) is 0 Å². The molecule has 2 N–H and O–H groups in total. The van der Waals surface area contributed by atoms with Crippen LogP contribution in [0, 0.1) is 5.82 Å². The minimum Gasteiger partial charge on any atom is -0.457 e. The summed E-state index contributed by atoms with van der Waals surface area (Å²) < 4.78 is 18.1. The molecule has 2 aromatic rings. The van der Waals surface area contributed by atoms with E-state index in [0.717, 1.165) is 0 Å². The first-order valence-corrected chi connectivity index (χ1v) is 6.39. The molecule has 6 heteroatoms. The average molecular weight is 314 g/mol. The topological polar surface area (TPSA) is 52.3 Å². The van der Waals surface area contributed by atoms with Gasteiger partial charge in [0.2, 0.25) is 0 Å². The number of hydrogen-bond donors (Lipinski definition) is 1. The molecule has 0 spiro atoms. The van der Waals surface area contributed by atoms with E-state index < -0.39 is 11.8 Å². The van der Waals surface area contributed by atoms with E-state index in [2.05, 4.69) is 0 Å². The van der Waals surface area contributed by atoms with E-state index in [4.69, 9.17) is 33.7 Å². The van der Waals surface area contributed by atoms with E-state index in [1.165, 1.54) is 30.3 Å². The highest BCUT2D eigenvalue weighted by Gasteiger charge is 2.12. The Balaban J connectivity index is 2.06. The fourth-order valence-electron chi connectivity index (χ4n) is 1.55. The van der Waals surface area contributed by atoms with Crippen LogP contribution in [0.15, 0.2) is 36.4 Å². The smallest absolute Gasteiger partial charge is 0.339 e. The molecule has 0 radical (unpaired) electrons. The van der Waals surface area contributed by atoms with Crippen LogP contribution in [-0.4, -0.2) is 5.97 Å². The maximum atomic E-state index is 13.0. The maximum absolute atomic E-state index is 13.0. The summed E-state index contributed by atoms with van der Waals surface area (Å²) in [5.41, 5.74) is 6.79. The number of nitrogen functional groups attached to an aromatic ring is 1. The molecular formula is C14H10Cl2FNO2. The Hall–Kier alpha value is -1.78. The molecule has 0 saturated heterocycles. The number of nitrogens with two attached hydrogens (primary N) is 1. The molecule has 2 aromatic carbocycles. The summed E-state index contributed by atoms with van der Waals surface area (Å²) in [6.45, 7) is -0.0282. The van der Waals surface area contributed by atoms with Gasteiger partial charge in [0.25, 0.3) is 0 Å². The van der Waals surface area contributed by atoms with E-state index in [-0.39, 0.29) is 22.2 Å². The Bertz CT molecular complexity index is 662. The molecular weight excluding hydrogens is 304 g/mol. The van der Waals surface area contributed by atoms with Crippen LogP contribution in [0.4, 0.5) is 10.1 Å². The lowest BCUT2D eigenvalue weighted by Crippen LogP contribution is -2.06. The van der Waals surface area contributed by atoms with Crippen LogP contribution in [0.3, 0.4) is 0 Å². The largest absolute Gasteiger partial charge is 0.457 e. The van der Waals surface area contributed by atoms with Crippen molar-refractivity contribution in [1.29, 1.82) is 0 Å². The Morgan fingerprint density at radius 2 is 1.90 bits per heavy atom. The molecule has 3 nitrogen and oxygen atoms in total. The van der Waals surface area contributed by atoms with Gasteiger partial charge in [-0.15, -0.1) is 0 Å². The SMILES string of the molecule is Nc1ccc(C(=O)OCc2ccc(F)c(Cl)c2)c(Cl)c1. The van der Waals surface area contributed by atoms with Gasteiger partial charge in [-0.3, -0.25) is 0 Å². The number of hydrogen-bond acceptors (Lipinski definition) is 3. The molecule has 0 aliphatic heterocycles. The zero-order valence-electron chi connectivity index (χ0n) is 10.2. The first-order chi connectivity index (χ1) is 9.47. The molecule has 0 unspecified atom stereocenters. The van der Waals surface area contributed by atoms with Gasteiger partial charge >= 0.3 is 5.97 Å². The first-order valence-electron chi connectivity index (χ1n) is 5.63. The monoisotopic (exact) mass is 313 g/mol. The van der Waals surface area contributed by atoms with Crippen LogP contribution in [0.1, 0.15) is 15.9 Å². The Kier molecular flexibility index (Phi) is 4.47. The number of ether oxygens (including phenoxy) is 1. The minimum absolute atomic E-state index is 0.0240. The quantitative estimate of drug-likeness (QED) is 0.686. The van der Waals surface area contributed by atoms with E-state index in [9.17, 15) is 9.18 Å². The summed E-state index contributed by atoms with van der Waals surface area (Å²) in [7, 11) is 0. The van der Waals surface area contributed by atoms with Crippen LogP contribution in [-0.2, 0) is 11.3 Å². The highest BCUT2D eigenvalue weighted by atomic mass is 35.5. The Morgan fingerprint density at radius 3 is 2.55 bits per heavy atom. The van der Waals surface area contributed by atoms with Gasteiger partial charge < -0.3 is 10.5 Å². The molecule has 0 heterocycles. The van der Waals surface area contributed by atoms with Crippen molar-refractivity contribution in [3.63, 3.8) is 0 Å². The summed E-state index contributed by atoms with van der Waals surface area (Å²) in [4.78, 5) is 11.8. The van der Waals surface area contributed by atoms with Crippen molar-refractivity contribution in [2.45, 2.75) is 6.61 Å². The number of anilines is 1. The molecule has 0 fully saturated rings. The van der Waals surface area contributed by atoms with Gasteiger partial charge in [0.05, 0.1) is 15.6 Å². The standard InChI is InChI=1S/C14H10Cl2FNO2/c15-11-6-9(18)2-3-10(11)14(19)20-7-8-1-4-13(17)12(16)5-8/h1-6H,7,18H2. The molecule has 0 saturated carbocycles. The molecule has 0 amide bonds. The second kappa shape index (κ2) is 6.11. The summed E-state index contributed by atoms with van der Waals surface area (Å²) in [5, 5.41) is 0.191. The molecule has 0 aromatic heterocycles. The third-order valence-electron chi connectivity index (χ3n) is 2.57. The lowest BCUT2D eigenvalue weighted by atomic mass is 10.2. The van der Waals surface area contributed by atoms with Crippen LogP contribution >= 0.6 is 23.2 Å². The molecule has 2 rings (SSSR count). The number of carbonyl (C=O) groups excluding carboxylic acids is 1. The van der Waals surface area contributed by atoms with Gasteiger partial charge in [0, 0.05) is 5.69 Å². The summed E-state index contributed by atoms with van der Waals surface area (Å²) in [5.74, 6) is -1.11. The lowest BCUT2D eigenvalue weighted by Gasteiger charge is -2.07. The highest BCUT2D eigenvalue weighted by molar-refractivity contribution is 6.33. The number of benzene rings is 2. The number of halogens is 3. The fraction of sp³-hybridized carbons (Fsp3) is 0.0714. The van der Waals surface area contributed by atoms with E-state index in [0.29, 0.717) is 11.3 Å². The predicted molar refractivity (Wildman–Crippen MR) is 76.4 cm³/mol. The minimum atomic E-state index is -0.588. The van der Waals surface area contributed by atoms with E-state index in [1.807, 2.05) is 0 Å². The van der Waals surface area contributed by atoms with Crippen molar-refractivity contribution >= 4 is 34.9 Å². The van der Waals surface area contributed by atoms with Crippen molar-refractivity contribution < 1.29 is 13.9 Å². The fourth-order valence-corrected chi connectivity index (χ4v) is 2.02. The van der Waals surface area contributed by atoms with Gasteiger partial charge in [-0.2, -0.15) is 0 Å². The molecule has 0 aliphatic carbocycles. The summed E-state index contributed by atoms with van der Waals surface area (Å²) >= 11 is 11.5. The van der Waals surface area contributed by atoms with E-state index in [1.54, 1.807) is 6.07 Å². The van der Waals surface area contributed by atoms with Crippen LogP contribution in [0.25, 0.3) is 0 Å². The average Bonchev–Trinajstić information content (AvgIpc) is 2.40. The van der Waals surface area contributed by atoms with Crippen LogP contribution in [0.5, 0.6) is 0 Å². The van der Waals surface area contributed by atoms with Crippen molar-refractivity contribution in [2.24, 2.45) is 0 Å². The van der Waals surface area contributed by atoms with Crippen molar-refractivity contribution in [1.82, 2.24) is 0 Å². The zero-order chi connectivity index (χ0) is 14.7.